The van der Waals surface area contributed by atoms with E-state index in [1.165, 1.54) is 18.7 Å². The summed E-state index contributed by atoms with van der Waals surface area (Å²) in [5.74, 6) is -1.01. The van der Waals surface area contributed by atoms with Gasteiger partial charge in [-0.3, -0.25) is 0 Å². The Hall–Kier alpha value is -1.30. The van der Waals surface area contributed by atoms with Crippen LogP contribution in [-0.4, -0.2) is 53.3 Å². The van der Waals surface area contributed by atoms with Crippen molar-refractivity contribution in [1.29, 1.82) is 0 Å². The van der Waals surface area contributed by atoms with Gasteiger partial charge in [0.1, 0.15) is 5.54 Å². The van der Waals surface area contributed by atoms with E-state index in [0.29, 0.717) is 19.8 Å². The van der Waals surface area contributed by atoms with Gasteiger partial charge >= 0.3 is 12.0 Å². The third kappa shape index (κ3) is 3.35. The number of carbonyl (C=O) groups excluding carboxylic acids is 1. The molecule has 0 aromatic heterocycles. The van der Waals surface area contributed by atoms with Crippen molar-refractivity contribution >= 4 is 12.0 Å². The summed E-state index contributed by atoms with van der Waals surface area (Å²) in [6.45, 7) is 6.46. The summed E-state index contributed by atoms with van der Waals surface area (Å²) in [7, 11) is 0. The second-order valence-electron chi connectivity index (χ2n) is 4.94. The van der Waals surface area contributed by atoms with Crippen LogP contribution in [0.1, 0.15) is 33.6 Å². The van der Waals surface area contributed by atoms with E-state index in [0.717, 1.165) is 12.8 Å². The monoisotopic (exact) mass is 258 g/mol. The molecule has 1 aliphatic heterocycles. The van der Waals surface area contributed by atoms with Gasteiger partial charge in [-0.1, -0.05) is 0 Å². The predicted molar refractivity (Wildman–Crippen MR) is 66.5 cm³/mol. The van der Waals surface area contributed by atoms with Crippen molar-refractivity contribution in [2.24, 2.45) is 0 Å². The number of hydrogen-bond acceptors (Lipinski definition) is 3. The molecule has 6 nitrogen and oxygen atoms in total. The van der Waals surface area contributed by atoms with Crippen LogP contribution in [0, 0.1) is 0 Å². The number of carbonyl (C=O) groups is 2. The van der Waals surface area contributed by atoms with Crippen molar-refractivity contribution in [3.8, 4) is 0 Å². The second kappa shape index (κ2) is 6.04. The van der Waals surface area contributed by atoms with Gasteiger partial charge in [-0.2, -0.15) is 0 Å². The molecular formula is C12H22N2O4. The molecule has 1 heterocycles. The van der Waals surface area contributed by atoms with E-state index in [4.69, 9.17) is 9.84 Å². The number of nitrogens with zero attached hydrogens (tertiary/aromatic N) is 1. The van der Waals surface area contributed by atoms with E-state index in [2.05, 4.69) is 5.32 Å². The summed E-state index contributed by atoms with van der Waals surface area (Å²) in [5.41, 5.74) is -1.20. The lowest BCUT2D eigenvalue weighted by molar-refractivity contribution is -0.147. The Balaban J connectivity index is 2.64. The smallest absolute Gasteiger partial charge is 0.329 e. The van der Waals surface area contributed by atoms with Crippen LogP contribution in [-0.2, 0) is 9.53 Å². The van der Waals surface area contributed by atoms with Crippen LogP contribution in [0.4, 0.5) is 4.79 Å². The summed E-state index contributed by atoms with van der Waals surface area (Å²) < 4.78 is 5.21. The lowest BCUT2D eigenvalue weighted by atomic mass is 10.0. The largest absolute Gasteiger partial charge is 0.480 e. The standard InChI is InChI=1S/C12H22N2O4/c1-4-14(12(2,3)10(15)16)11(17)13-9-5-7-18-8-6-9/h9H,4-8H2,1-3H3,(H,13,17)(H,15,16). The molecule has 1 saturated heterocycles. The minimum atomic E-state index is -1.20. The molecule has 0 unspecified atom stereocenters. The van der Waals surface area contributed by atoms with Crippen molar-refractivity contribution in [1.82, 2.24) is 10.2 Å². The van der Waals surface area contributed by atoms with Gasteiger partial charge < -0.3 is 20.1 Å². The highest BCUT2D eigenvalue weighted by Gasteiger charge is 2.37. The van der Waals surface area contributed by atoms with E-state index in [9.17, 15) is 9.59 Å². The van der Waals surface area contributed by atoms with Gasteiger partial charge in [0.05, 0.1) is 0 Å². The van der Waals surface area contributed by atoms with Crippen LogP contribution in [0.25, 0.3) is 0 Å². The summed E-state index contributed by atoms with van der Waals surface area (Å²) in [6.07, 6.45) is 1.55. The van der Waals surface area contributed by atoms with Crippen LogP contribution in [0.5, 0.6) is 0 Å². The van der Waals surface area contributed by atoms with Crippen molar-refractivity contribution in [3.63, 3.8) is 0 Å². The first kappa shape index (κ1) is 14.8. The molecule has 0 aromatic rings. The number of likely N-dealkylation sites (N-methyl/N-ethyl adjacent to an activating group) is 1. The van der Waals surface area contributed by atoms with Gasteiger partial charge in [-0.05, 0) is 33.6 Å². The molecule has 0 radical (unpaired) electrons. The Morgan fingerprint density at radius 1 is 1.39 bits per heavy atom. The van der Waals surface area contributed by atoms with Crippen LogP contribution in [0.3, 0.4) is 0 Å². The van der Waals surface area contributed by atoms with Gasteiger partial charge in [0.2, 0.25) is 0 Å². The summed E-state index contributed by atoms with van der Waals surface area (Å²) >= 11 is 0. The maximum absolute atomic E-state index is 12.1. The quantitative estimate of drug-likeness (QED) is 0.790. The topological polar surface area (TPSA) is 78.9 Å². The molecule has 1 fully saturated rings. The van der Waals surface area contributed by atoms with Gasteiger partial charge in [-0.15, -0.1) is 0 Å². The molecule has 2 N–H and O–H groups in total. The average molecular weight is 258 g/mol. The van der Waals surface area contributed by atoms with Crippen molar-refractivity contribution < 1.29 is 19.4 Å². The molecule has 2 amide bonds. The Morgan fingerprint density at radius 2 is 1.94 bits per heavy atom. The van der Waals surface area contributed by atoms with Gasteiger partial charge in [-0.25, -0.2) is 9.59 Å². The van der Waals surface area contributed by atoms with Gasteiger partial charge in [0.15, 0.2) is 0 Å². The van der Waals surface area contributed by atoms with Gasteiger partial charge in [0, 0.05) is 25.8 Å². The van der Waals surface area contributed by atoms with Crippen LogP contribution >= 0.6 is 0 Å². The zero-order chi connectivity index (χ0) is 13.8. The molecule has 1 aliphatic rings. The molecule has 6 heteroatoms. The number of ether oxygens (including phenoxy) is 1. The van der Waals surface area contributed by atoms with E-state index in [-0.39, 0.29) is 12.1 Å². The fourth-order valence-electron chi connectivity index (χ4n) is 2.00. The number of urea groups is 1. The molecular weight excluding hydrogens is 236 g/mol. The molecule has 104 valence electrons. The zero-order valence-corrected chi connectivity index (χ0v) is 11.2. The van der Waals surface area contributed by atoms with Crippen molar-refractivity contribution in [2.75, 3.05) is 19.8 Å². The van der Waals surface area contributed by atoms with Crippen LogP contribution in [0.15, 0.2) is 0 Å². The predicted octanol–water partition coefficient (Wildman–Crippen LogP) is 1.06. The Bertz CT molecular complexity index is 311. The lowest BCUT2D eigenvalue weighted by Gasteiger charge is -2.36. The molecule has 0 aromatic carbocycles. The first-order valence-corrected chi connectivity index (χ1v) is 6.28. The van der Waals surface area contributed by atoms with Crippen LogP contribution in [0.2, 0.25) is 0 Å². The third-order valence-corrected chi connectivity index (χ3v) is 3.31. The normalized spacial score (nSPS) is 17.3. The van der Waals surface area contributed by atoms with Crippen molar-refractivity contribution in [3.05, 3.63) is 0 Å². The number of rotatable bonds is 4. The Kier molecular flexibility index (Phi) is 4.95. The van der Waals surface area contributed by atoms with E-state index < -0.39 is 11.5 Å². The zero-order valence-electron chi connectivity index (χ0n) is 11.2. The number of carboxylic acids is 1. The SMILES string of the molecule is CCN(C(=O)NC1CCOCC1)C(C)(C)C(=O)O. The Morgan fingerprint density at radius 3 is 2.39 bits per heavy atom. The highest BCUT2D eigenvalue weighted by atomic mass is 16.5. The average Bonchev–Trinajstić information content (AvgIpc) is 2.30. The molecule has 18 heavy (non-hydrogen) atoms. The van der Waals surface area contributed by atoms with E-state index in [1.54, 1.807) is 6.92 Å². The number of aliphatic carboxylic acids is 1. The summed E-state index contributed by atoms with van der Waals surface area (Å²) in [5, 5.41) is 12.0. The van der Waals surface area contributed by atoms with E-state index >= 15 is 0 Å². The highest BCUT2D eigenvalue weighted by molar-refractivity contribution is 5.85. The maximum Gasteiger partial charge on any atom is 0.329 e. The van der Waals surface area contributed by atoms with Gasteiger partial charge in [0.25, 0.3) is 0 Å². The lowest BCUT2D eigenvalue weighted by Crippen LogP contribution is -2.57. The fraction of sp³-hybridized carbons (Fsp3) is 0.833. The first-order valence-electron chi connectivity index (χ1n) is 6.28. The highest BCUT2D eigenvalue weighted by Crippen LogP contribution is 2.16. The Labute approximate surface area is 107 Å². The fourth-order valence-corrected chi connectivity index (χ4v) is 2.00. The molecule has 0 aliphatic carbocycles. The molecule has 0 spiro atoms. The molecule has 0 saturated carbocycles. The first-order chi connectivity index (χ1) is 8.39. The second-order valence-corrected chi connectivity index (χ2v) is 4.94. The minimum Gasteiger partial charge on any atom is -0.480 e. The number of nitrogens with one attached hydrogen (secondary N) is 1. The van der Waals surface area contributed by atoms with Crippen molar-refractivity contribution in [2.45, 2.75) is 45.2 Å². The van der Waals surface area contributed by atoms with Crippen LogP contribution < -0.4 is 5.32 Å². The third-order valence-electron chi connectivity index (χ3n) is 3.31. The number of amides is 2. The van der Waals surface area contributed by atoms with E-state index in [1.807, 2.05) is 0 Å². The summed E-state index contributed by atoms with van der Waals surface area (Å²) in [6, 6.07) is -0.248. The number of carboxylic acid groups (broad SMARTS) is 1. The minimum absolute atomic E-state index is 0.0740. The number of hydrogen-bond donors (Lipinski definition) is 2. The molecule has 1 rings (SSSR count). The molecule has 0 atom stereocenters. The molecule has 0 bridgehead atoms. The summed E-state index contributed by atoms with van der Waals surface area (Å²) in [4.78, 5) is 24.6. The maximum atomic E-state index is 12.1.